The third kappa shape index (κ3) is 10.0. The van der Waals surface area contributed by atoms with Gasteiger partial charge in [0.1, 0.15) is 6.04 Å². The van der Waals surface area contributed by atoms with Crippen LogP contribution in [0.3, 0.4) is 0 Å². The summed E-state index contributed by atoms with van der Waals surface area (Å²) < 4.78 is 0. The molecule has 2 atom stereocenters. The average Bonchev–Trinajstić information content (AvgIpc) is 2.45. The molecule has 0 saturated heterocycles. The molecule has 0 bridgehead atoms. The van der Waals surface area contributed by atoms with Gasteiger partial charge in [0.15, 0.2) is 5.78 Å². The van der Waals surface area contributed by atoms with Gasteiger partial charge < -0.3 is 22.1 Å². The molecule has 7 heteroatoms. The molecule has 0 rings (SSSR count). The van der Waals surface area contributed by atoms with E-state index in [0.717, 1.165) is 6.42 Å². The van der Waals surface area contributed by atoms with Gasteiger partial charge in [0.2, 0.25) is 11.8 Å². The predicted molar refractivity (Wildman–Crippen MR) is 90.6 cm³/mol. The molecule has 0 saturated carbocycles. The monoisotopic (exact) mass is 328 g/mol. The van der Waals surface area contributed by atoms with E-state index in [-0.39, 0.29) is 23.5 Å². The van der Waals surface area contributed by atoms with E-state index in [0.29, 0.717) is 38.8 Å². The number of hydrogen-bond donors (Lipinski definition) is 4. The normalized spacial score (nSPS) is 13.5. The molecule has 0 aromatic carbocycles. The first kappa shape index (κ1) is 21.5. The van der Waals surface area contributed by atoms with Crippen molar-refractivity contribution in [3.8, 4) is 0 Å². The van der Waals surface area contributed by atoms with E-state index in [1.807, 2.05) is 13.8 Å². The van der Waals surface area contributed by atoms with Crippen LogP contribution in [0.15, 0.2) is 0 Å². The van der Waals surface area contributed by atoms with Crippen molar-refractivity contribution in [2.24, 2.45) is 17.4 Å². The minimum Gasteiger partial charge on any atom is -0.344 e. The molecule has 2 amide bonds. The largest absolute Gasteiger partial charge is 0.344 e. The number of carbonyl (C=O) groups excluding carboxylic acids is 3. The van der Waals surface area contributed by atoms with Crippen molar-refractivity contribution in [3.63, 3.8) is 0 Å². The summed E-state index contributed by atoms with van der Waals surface area (Å²) in [5, 5.41) is 5.45. The van der Waals surface area contributed by atoms with Gasteiger partial charge in [-0.2, -0.15) is 0 Å². The van der Waals surface area contributed by atoms with E-state index in [1.54, 1.807) is 0 Å². The minimum atomic E-state index is -0.639. The number of nitrogens with two attached hydrogens (primary N) is 2. The first-order chi connectivity index (χ1) is 10.8. The lowest BCUT2D eigenvalue weighted by atomic mass is 10.0. The summed E-state index contributed by atoms with van der Waals surface area (Å²) in [5.74, 6) is -0.404. The van der Waals surface area contributed by atoms with Gasteiger partial charge in [-0.15, -0.1) is 0 Å². The fourth-order valence-corrected chi connectivity index (χ4v) is 2.22. The van der Waals surface area contributed by atoms with Gasteiger partial charge >= 0.3 is 0 Å². The topological polar surface area (TPSA) is 127 Å². The lowest BCUT2D eigenvalue weighted by Crippen LogP contribution is -2.52. The molecule has 0 aromatic rings. The fraction of sp³-hybridized carbons (Fsp3) is 0.812. The van der Waals surface area contributed by atoms with Crippen LogP contribution in [0.1, 0.15) is 52.9 Å². The number of rotatable bonds is 12. The molecule has 0 fully saturated rings. The number of hydrogen-bond acceptors (Lipinski definition) is 5. The third-order valence-electron chi connectivity index (χ3n) is 3.48. The molecular formula is C16H32N4O3. The molecule has 0 aliphatic heterocycles. The fourth-order valence-electron chi connectivity index (χ4n) is 2.22. The summed E-state index contributed by atoms with van der Waals surface area (Å²) in [6, 6.07) is -1.24. The zero-order chi connectivity index (χ0) is 17.8. The Morgan fingerprint density at radius 2 is 1.61 bits per heavy atom. The molecule has 0 aromatic heterocycles. The number of amides is 2. The van der Waals surface area contributed by atoms with Crippen LogP contribution in [0, 0.1) is 5.92 Å². The second-order valence-electron chi connectivity index (χ2n) is 6.24. The molecule has 0 spiro atoms. The Labute approximate surface area is 138 Å². The summed E-state index contributed by atoms with van der Waals surface area (Å²) in [5.41, 5.74) is 10.9. The van der Waals surface area contributed by atoms with E-state index in [1.165, 1.54) is 6.92 Å². The quantitative estimate of drug-likeness (QED) is 0.377. The lowest BCUT2D eigenvalue weighted by molar-refractivity contribution is -0.131. The Morgan fingerprint density at radius 1 is 0.957 bits per heavy atom. The summed E-state index contributed by atoms with van der Waals surface area (Å²) in [6.07, 6.45) is 2.72. The van der Waals surface area contributed by atoms with Crippen LogP contribution < -0.4 is 22.1 Å². The summed E-state index contributed by atoms with van der Waals surface area (Å²) >= 11 is 0. The van der Waals surface area contributed by atoms with Crippen molar-refractivity contribution < 1.29 is 14.4 Å². The van der Waals surface area contributed by atoms with Crippen molar-refractivity contribution in [1.82, 2.24) is 10.6 Å². The maximum Gasteiger partial charge on any atom is 0.243 e. The first-order valence-electron chi connectivity index (χ1n) is 8.32. The van der Waals surface area contributed by atoms with Gasteiger partial charge in [-0.3, -0.25) is 14.4 Å². The third-order valence-corrected chi connectivity index (χ3v) is 3.48. The van der Waals surface area contributed by atoms with E-state index >= 15 is 0 Å². The van der Waals surface area contributed by atoms with Crippen LogP contribution in [-0.2, 0) is 14.4 Å². The van der Waals surface area contributed by atoms with Gasteiger partial charge in [-0.25, -0.2) is 0 Å². The average molecular weight is 328 g/mol. The highest BCUT2D eigenvalue weighted by molar-refractivity contribution is 5.92. The van der Waals surface area contributed by atoms with Crippen molar-refractivity contribution in [2.45, 2.75) is 65.0 Å². The Kier molecular flexibility index (Phi) is 11.2. The molecule has 7 nitrogen and oxygen atoms in total. The Balaban J connectivity index is 4.70. The molecule has 0 aliphatic rings. The smallest absolute Gasteiger partial charge is 0.243 e. The molecule has 6 N–H and O–H groups in total. The Morgan fingerprint density at radius 3 is 2.09 bits per heavy atom. The maximum absolute atomic E-state index is 12.4. The van der Waals surface area contributed by atoms with Gasteiger partial charge in [-0.1, -0.05) is 13.8 Å². The zero-order valence-corrected chi connectivity index (χ0v) is 14.6. The molecule has 0 aliphatic carbocycles. The highest BCUT2D eigenvalue weighted by atomic mass is 16.2. The van der Waals surface area contributed by atoms with E-state index < -0.39 is 12.1 Å². The van der Waals surface area contributed by atoms with Crippen molar-refractivity contribution >= 4 is 17.6 Å². The highest BCUT2D eigenvalue weighted by Crippen LogP contribution is 2.07. The van der Waals surface area contributed by atoms with E-state index in [4.69, 9.17) is 11.5 Å². The van der Waals surface area contributed by atoms with Crippen LogP contribution in [0.5, 0.6) is 0 Å². The molecule has 0 radical (unpaired) electrons. The van der Waals surface area contributed by atoms with Crippen LogP contribution in [0.2, 0.25) is 0 Å². The number of nitrogens with one attached hydrogen (secondary N) is 2. The number of carbonyl (C=O) groups is 3. The molecule has 0 heterocycles. The van der Waals surface area contributed by atoms with Crippen molar-refractivity contribution in [3.05, 3.63) is 0 Å². The first-order valence-corrected chi connectivity index (χ1v) is 8.32. The Bertz CT molecular complexity index is 386. The summed E-state index contributed by atoms with van der Waals surface area (Å²) in [6.45, 7) is 6.23. The van der Waals surface area contributed by atoms with E-state index in [2.05, 4.69) is 10.6 Å². The zero-order valence-electron chi connectivity index (χ0n) is 14.6. The number of unbranched alkanes of at least 4 members (excludes halogenated alkanes) is 1. The van der Waals surface area contributed by atoms with Crippen molar-refractivity contribution in [2.75, 3.05) is 13.1 Å². The van der Waals surface area contributed by atoms with Crippen LogP contribution in [-0.4, -0.2) is 42.8 Å². The summed E-state index contributed by atoms with van der Waals surface area (Å²) in [7, 11) is 0. The van der Waals surface area contributed by atoms with Crippen LogP contribution in [0.4, 0.5) is 0 Å². The SMILES string of the molecule is CC(=O)[C@H](CCN)NC(=O)[C@@H](CC(C)C)NC(=O)CCCCN. The second kappa shape index (κ2) is 12.0. The predicted octanol–water partition coefficient (Wildman–Crippen LogP) is 0.0689. The van der Waals surface area contributed by atoms with Gasteiger partial charge in [-0.05, 0) is 51.6 Å². The highest BCUT2D eigenvalue weighted by Gasteiger charge is 2.25. The maximum atomic E-state index is 12.4. The standard InChI is InChI=1S/C16H32N4O3/c1-11(2)10-14(19-15(22)6-4-5-8-17)16(23)20-13(7-9-18)12(3)21/h11,13-14H,4-10,17-18H2,1-3H3,(H,19,22)(H,20,23)/t13-,14+/m0/s1. The van der Waals surface area contributed by atoms with Gasteiger partial charge in [0, 0.05) is 6.42 Å². The van der Waals surface area contributed by atoms with Crippen LogP contribution >= 0.6 is 0 Å². The minimum absolute atomic E-state index is 0.138. The number of Topliss-reactive ketones (excluding diaryl/α,β-unsaturated/α-hetero) is 1. The summed E-state index contributed by atoms with van der Waals surface area (Å²) in [4.78, 5) is 35.9. The van der Waals surface area contributed by atoms with E-state index in [9.17, 15) is 14.4 Å². The Hall–Kier alpha value is -1.47. The molecular weight excluding hydrogens is 296 g/mol. The molecule has 23 heavy (non-hydrogen) atoms. The molecule has 0 unspecified atom stereocenters. The second-order valence-corrected chi connectivity index (χ2v) is 6.24. The van der Waals surface area contributed by atoms with Crippen LogP contribution in [0.25, 0.3) is 0 Å². The van der Waals surface area contributed by atoms with Crippen molar-refractivity contribution in [1.29, 1.82) is 0 Å². The lowest BCUT2D eigenvalue weighted by Gasteiger charge is -2.23. The molecule has 134 valence electrons. The van der Waals surface area contributed by atoms with Gasteiger partial charge in [0.25, 0.3) is 0 Å². The van der Waals surface area contributed by atoms with Gasteiger partial charge in [0.05, 0.1) is 6.04 Å². The number of ketones is 1.